The highest BCUT2D eigenvalue weighted by atomic mass is 127. The van der Waals surface area contributed by atoms with Crippen molar-refractivity contribution in [3.63, 3.8) is 0 Å². The summed E-state index contributed by atoms with van der Waals surface area (Å²) in [5.74, 6) is -0.285. The number of ether oxygens (including phenoxy) is 1. The molecule has 2 nitrogen and oxygen atoms in total. The number of rotatable bonds is 2. The molecule has 0 aliphatic carbocycles. The van der Waals surface area contributed by atoms with Gasteiger partial charge in [-0.1, -0.05) is 0 Å². The van der Waals surface area contributed by atoms with Crippen LogP contribution >= 0.6 is 67.8 Å². The second-order valence-corrected chi connectivity index (χ2v) is 5.99. The second-order valence-electron chi connectivity index (χ2n) is 2.29. The number of carbonyl (C=O) groups excluding carboxylic acids is 1. The highest BCUT2D eigenvalue weighted by Crippen LogP contribution is 2.24. The van der Waals surface area contributed by atoms with Gasteiger partial charge in [-0.2, -0.15) is 0 Å². The lowest BCUT2D eigenvalue weighted by molar-refractivity contribution is 0.0571. The Kier molecular flexibility index (Phi) is 5.63. The van der Waals surface area contributed by atoms with Crippen LogP contribution in [-0.4, -0.2) is 22.4 Å². The average Bonchev–Trinajstić information content (AvgIpc) is 2.13. The van der Waals surface area contributed by atoms with E-state index in [2.05, 4.69) is 78.0 Å². The predicted molar refractivity (Wildman–Crippen MR) is 80.6 cm³/mol. The molecule has 1 rings (SSSR count). The Bertz CT molecular complexity index is 368. The number of esters is 1. The maximum atomic E-state index is 11.6. The second kappa shape index (κ2) is 5.99. The highest BCUT2D eigenvalue weighted by molar-refractivity contribution is 14.1. The van der Waals surface area contributed by atoms with Gasteiger partial charge in [-0.05, 0) is 79.9 Å². The van der Waals surface area contributed by atoms with E-state index >= 15 is 0 Å². The zero-order valence-corrected chi connectivity index (χ0v) is 14.3. The summed E-state index contributed by atoms with van der Waals surface area (Å²) < 4.78 is 7.83. The number of halogens is 3. The van der Waals surface area contributed by atoms with Crippen LogP contribution in [0.25, 0.3) is 0 Å². The van der Waals surface area contributed by atoms with Crippen LogP contribution in [0, 0.1) is 10.7 Å². The van der Waals surface area contributed by atoms with E-state index in [9.17, 15) is 4.79 Å². The molecule has 0 aromatic heterocycles. The van der Waals surface area contributed by atoms with Gasteiger partial charge in [0, 0.05) is 10.7 Å². The fourth-order valence-corrected chi connectivity index (χ4v) is 3.31. The van der Waals surface area contributed by atoms with E-state index < -0.39 is 0 Å². The molecular weight excluding hydrogens is 537 g/mol. The Morgan fingerprint density at radius 3 is 2.43 bits per heavy atom. The lowest BCUT2D eigenvalue weighted by Gasteiger charge is -2.07. The van der Waals surface area contributed by atoms with Crippen LogP contribution in [0.15, 0.2) is 12.1 Å². The molecule has 0 aliphatic heterocycles. The zero-order chi connectivity index (χ0) is 10.7. The predicted octanol–water partition coefficient (Wildman–Crippen LogP) is 2.78. The number of benzene rings is 1. The third kappa shape index (κ3) is 3.04. The topological polar surface area (TPSA) is 26.3 Å². The van der Waals surface area contributed by atoms with Gasteiger partial charge in [-0.15, -0.1) is 0 Å². The van der Waals surface area contributed by atoms with Crippen molar-refractivity contribution >= 4 is 84.0 Å². The van der Waals surface area contributed by atoms with E-state index in [4.69, 9.17) is 4.74 Å². The molecule has 0 spiro atoms. The first-order chi connectivity index (χ1) is 6.57. The smallest absolute Gasteiger partial charge is 0.339 e. The van der Waals surface area contributed by atoms with E-state index in [1.165, 1.54) is 0 Å². The first-order valence-corrected chi connectivity index (χ1v) is 7.47. The summed E-state index contributed by atoms with van der Waals surface area (Å²) in [7, 11) is 3.11. The Morgan fingerprint density at radius 1 is 1.29 bits per heavy atom. The molecule has 0 N–H and O–H groups in total. The van der Waals surface area contributed by atoms with Gasteiger partial charge in [0.2, 0.25) is 0 Å². The van der Waals surface area contributed by atoms with Gasteiger partial charge in [-0.3, -0.25) is 0 Å². The van der Waals surface area contributed by atoms with Gasteiger partial charge < -0.3 is 4.74 Å². The van der Waals surface area contributed by atoms with Crippen LogP contribution in [0.4, 0.5) is 0 Å². The maximum Gasteiger partial charge on any atom is 0.339 e. The molecule has 0 amide bonds. The molecule has 0 saturated carbocycles. The minimum Gasteiger partial charge on any atom is -0.467 e. The van der Waals surface area contributed by atoms with Crippen LogP contribution < -0.4 is 0 Å². The molecule has 1 aromatic carbocycles. The standard InChI is InChI=1S/C8H4I3O2Si/c9-4-1-2-5(10)7(11)6(4)8(12)13-3-14/h1-2H,3H2. The maximum absolute atomic E-state index is 11.6. The van der Waals surface area contributed by atoms with Crippen molar-refractivity contribution in [1.82, 2.24) is 0 Å². The van der Waals surface area contributed by atoms with Crippen molar-refractivity contribution < 1.29 is 9.53 Å². The molecule has 6 heteroatoms. The van der Waals surface area contributed by atoms with Crippen LogP contribution in [0.5, 0.6) is 0 Å². The van der Waals surface area contributed by atoms with Gasteiger partial charge in [0.15, 0.2) is 0 Å². The minimum atomic E-state index is -0.285. The largest absolute Gasteiger partial charge is 0.467 e. The van der Waals surface area contributed by atoms with Crippen molar-refractivity contribution in [3.05, 3.63) is 28.4 Å². The monoisotopic (exact) mass is 541 g/mol. The fourth-order valence-electron chi connectivity index (χ4n) is 0.852. The average molecular weight is 541 g/mol. The zero-order valence-electron chi connectivity index (χ0n) is 6.81. The van der Waals surface area contributed by atoms with E-state index in [-0.39, 0.29) is 12.2 Å². The summed E-state index contributed by atoms with van der Waals surface area (Å²) in [6.45, 7) is 0. The molecule has 73 valence electrons. The summed E-state index contributed by atoms with van der Waals surface area (Å²) in [5, 5.41) is 0. The van der Waals surface area contributed by atoms with Gasteiger partial charge in [0.25, 0.3) is 0 Å². The molecule has 0 heterocycles. The van der Waals surface area contributed by atoms with Gasteiger partial charge in [-0.25, -0.2) is 4.79 Å². The van der Waals surface area contributed by atoms with Crippen LogP contribution in [-0.2, 0) is 4.74 Å². The Balaban J connectivity index is 3.18. The molecule has 1 aromatic rings. The van der Waals surface area contributed by atoms with Crippen LogP contribution in [0.2, 0.25) is 0 Å². The fraction of sp³-hybridized carbons (Fsp3) is 0.125. The molecule has 0 bridgehead atoms. The Hall–Kier alpha value is 1.10. The molecule has 0 atom stereocenters. The molecule has 0 saturated heterocycles. The molecule has 0 aliphatic rings. The molecular formula is C8H4I3O2Si. The van der Waals surface area contributed by atoms with E-state index in [0.29, 0.717) is 5.56 Å². The molecule has 0 fully saturated rings. The van der Waals surface area contributed by atoms with Crippen molar-refractivity contribution in [3.8, 4) is 0 Å². The van der Waals surface area contributed by atoms with Crippen molar-refractivity contribution in [2.24, 2.45) is 0 Å². The summed E-state index contributed by atoms with van der Waals surface area (Å²) in [5.41, 5.74) is 0.649. The summed E-state index contributed by atoms with van der Waals surface area (Å²) in [4.78, 5) is 11.6. The number of hydrogen-bond donors (Lipinski definition) is 0. The Morgan fingerprint density at radius 2 is 1.86 bits per heavy atom. The van der Waals surface area contributed by atoms with Crippen LogP contribution in [0.1, 0.15) is 10.4 Å². The quantitative estimate of drug-likeness (QED) is 0.250. The Labute approximate surface area is 126 Å². The SMILES string of the molecule is O=C(OC[Si])c1c(I)ccc(I)c1I. The molecule has 3 radical (unpaired) electrons. The van der Waals surface area contributed by atoms with E-state index in [0.717, 1.165) is 10.7 Å². The van der Waals surface area contributed by atoms with Gasteiger partial charge >= 0.3 is 5.97 Å². The van der Waals surface area contributed by atoms with Crippen molar-refractivity contribution in [2.75, 3.05) is 6.23 Å². The van der Waals surface area contributed by atoms with E-state index in [1.807, 2.05) is 12.1 Å². The van der Waals surface area contributed by atoms with Crippen molar-refractivity contribution in [1.29, 1.82) is 0 Å². The first-order valence-electron chi connectivity index (χ1n) is 3.53. The van der Waals surface area contributed by atoms with Gasteiger partial charge in [0.05, 0.1) is 22.0 Å². The molecule has 0 unspecified atom stereocenters. The third-order valence-corrected chi connectivity index (χ3v) is 5.55. The number of carbonyl (C=O) groups is 1. The van der Waals surface area contributed by atoms with Gasteiger partial charge in [0.1, 0.15) is 0 Å². The summed E-state index contributed by atoms with van der Waals surface area (Å²) in [6.07, 6.45) is 0.219. The first kappa shape index (κ1) is 13.2. The highest BCUT2D eigenvalue weighted by Gasteiger charge is 2.16. The summed E-state index contributed by atoms with van der Waals surface area (Å²) in [6, 6.07) is 3.89. The van der Waals surface area contributed by atoms with E-state index in [1.54, 1.807) is 0 Å². The normalized spacial score (nSPS) is 10.0. The lowest BCUT2D eigenvalue weighted by atomic mass is 10.2. The summed E-state index contributed by atoms with van der Waals surface area (Å²) >= 11 is 6.49. The lowest BCUT2D eigenvalue weighted by Crippen LogP contribution is -2.11. The third-order valence-electron chi connectivity index (χ3n) is 1.45. The number of hydrogen-bond acceptors (Lipinski definition) is 2. The van der Waals surface area contributed by atoms with Crippen LogP contribution in [0.3, 0.4) is 0 Å². The molecule has 14 heavy (non-hydrogen) atoms. The van der Waals surface area contributed by atoms with Crippen molar-refractivity contribution in [2.45, 2.75) is 0 Å². The minimum absolute atomic E-state index is 0.219.